The Morgan fingerprint density at radius 2 is 2.00 bits per heavy atom. The smallest absolute Gasteiger partial charge is 0.276 e. The minimum Gasteiger partial charge on any atom is -0.300 e. The van der Waals surface area contributed by atoms with Crippen molar-refractivity contribution in [1.82, 2.24) is 5.32 Å². The predicted octanol–water partition coefficient (Wildman–Crippen LogP) is 3.79. The number of carbonyl (C=O) groups excluding carboxylic acids is 1. The van der Waals surface area contributed by atoms with Crippen molar-refractivity contribution in [2.45, 2.75) is 6.92 Å². The van der Waals surface area contributed by atoms with Crippen LogP contribution in [0.4, 0.5) is 11.4 Å². The van der Waals surface area contributed by atoms with Gasteiger partial charge in [-0.05, 0) is 48.5 Å². The van der Waals surface area contributed by atoms with Gasteiger partial charge in [-0.3, -0.25) is 14.9 Å². The fraction of sp³-hybridized carbons (Fsp3) is 0.0588. The summed E-state index contributed by atoms with van der Waals surface area (Å²) in [5, 5.41) is 14.2. The van der Waals surface area contributed by atoms with Crippen molar-refractivity contribution in [3.05, 3.63) is 74.7 Å². The molecule has 1 heterocycles. The number of hydrogen-bond donors (Lipinski definition) is 1. The molecule has 1 saturated heterocycles. The number of benzene rings is 2. The van der Waals surface area contributed by atoms with E-state index in [0.29, 0.717) is 15.6 Å². The van der Waals surface area contributed by atoms with Crippen LogP contribution in [0.2, 0.25) is 0 Å². The number of para-hydroxylation sites is 1. The predicted molar refractivity (Wildman–Crippen MR) is 95.1 cm³/mol. The maximum atomic E-state index is 12.1. The van der Waals surface area contributed by atoms with Crippen LogP contribution in [0.5, 0.6) is 0 Å². The highest BCUT2D eigenvalue weighted by Gasteiger charge is 2.25. The second-order valence-electron chi connectivity index (χ2n) is 5.14. The molecule has 0 bridgehead atoms. The molecule has 0 atom stereocenters. The Hall–Kier alpha value is -2.93. The van der Waals surface area contributed by atoms with Gasteiger partial charge in [-0.25, -0.2) is 4.99 Å². The van der Waals surface area contributed by atoms with Gasteiger partial charge in [-0.1, -0.05) is 24.3 Å². The van der Waals surface area contributed by atoms with Gasteiger partial charge in [0, 0.05) is 6.07 Å². The number of nitro groups is 1. The molecular weight excluding hydrogens is 326 g/mol. The van der Waals surface area contributed by atoms with Gasteiger partial charge in [-0.15, -0.1) is 0 Å². The molecule has 6 nitrogen and oxygen atoms in total. The minimum absolute atomic E-state index is 0.0394. The van der Waals surface area contributed by atoms with E-state index in [-0.39, 0.29) is 11.6 Å². The van der Waals surface area contributed by atoms with Gasteiger partial charge < -0.3 is 5.32 Å². The number of amidine groups is 1. The molecule has 2 aromatic rings. The molecule has 0 aliphatic carbocycles. The van der Waals surface area contributed by atoms with E-state index in [1.807, 2.05) is 31.2 Å². The standard InChI is InChI=1S/C17H13N3O3S/c1-11-5-4-7-13(9-11)18-17-19-16(21)15(24-17)10-12-6-2-3-8-14(12)20(22)23/h2-10H,1H3,(H,18,19,21)/b15-10+. The number of nitrogens with zero attached hydrogens (tertiary/aromatic N) is 2. The van der Waals surface area contributed by atoms with Gasteiger partial charge in [-0.2, -0.15) is 0 Å². The Morgan fingerprint density at radius 3 is 2.75 bits per heavy atom. The summed E-state index contributed by atoms with van der Waals surface area (Å²) in [5.74, 6) is -0.315. The van der Waals surface area contributed by atoms with Crippen LogP contribution >= 0.6 is 11.8 Å². The van der Waals surface area contributed by atoms with Crippen LogP contribution in [0.25, 0.3) is 6.08 Å². The van der Waals surface area contributed by atoms with Crippen LogP contribution in [-0.2, 0) is 4.79 Å². The van der Waals surface area contributed by atoms with E-state index in [1.54, 1.807) is 18.2 Å². The van der Waals surface area contributed by atoms with Crippen molar-refractivity contribution in [3.8, 4) is 0 Å². The summed E-state index contributed by atoms with van der Waals surface area (Å²) in [5.41, 5.74) is 2.16. The molecule has 1 amide bonds. The molecule has 0 saturated carbocycles. The van der Waals surface area contributed by atoms with Crippen molar-refractivity contribution in [3.63, 3.8) is 0 Å². The van der Waals surface area contributed by atoms with E-state index in [4.69, 9.17) is 0 Å². The highest BCUT2D eigenvalue weighted by Crippen LogP contribution is 2.30. The van der Waals surface area contributed by atoms with E-state index in [9.17, 15) is 14.9 Å². The second-order valence-corrected chi connectivity index (χ2v) is 6.17. The lowest BCUT2D eigenvalue weighted by atomic mass is 10.1. The summed E-state index contributed by atoms with van der Waals surface area (Å²) >= 11 is 1.16. The Kier molecular flexibility index (Phi) is 4.43. The van der Waals surface area contributed by atoms with Gasteiger partial charge in [0.15, 0.2) is 5.17 Å². The second kappa shape index (κ2) is 6.67. The summed E-state index contributed by atoms with van der Waals surface area (Å²) in [6.07, 6.45) is 1.51. The average Bonchev–Trinajstić information content (AvgIpc) is 2.87. The lowest BCUT2D eigenvalue weighted by Gasteiger charge is -1.98. The first kappa shape index (κ1) is 15.9. The third-order valence-electron chi connectivity index (χ3n) is 3.30. The van der Waals surface area contributed by atoms with Crippen LogP contribution in [0, 0.1) is 17.0 Å². The van der Waals surface area contributed by atoms with Crippen molar-refractivity contribution < 1.29 is 9.72 Å². The third kappa shape index (κ3) is 3.52. The number of nitrogens with one attached hydrogen (secondary N) is 1. The SMILES string of the molecule is Cc1cccc(N=C2NC(=O)/C(=C\c3ccccc3[N+](=O)[O-])S2)c1. The van der Waals surface area contributed by atoms with E-state index in [2.05, 4.69) is 10.3 Å². The van der Waals surface area contributed by atoms with Gasteiger partial charge in [0.05, 0.1) is 21.1 Å². The lowest BCUT2D eigenvalue weighted by Crippen LogP contribution is -2.19. The molecule has 0 radical (unpaired) electrons. The fourth-order valence-corrected chi connectivity index (χ4v) is 3.05. The Bertz CT molecular complexity index is 890. The van der Waals surface area contributed by atoms with Gasteiger partial charge in [0.1, 0.15) is 0 Å². The number of carbonyl (C=O) groups is 1. The van der Waals surface area contributed by atoms with Crippen LogP contribution in [0.1, 0.15) is 11.1 Å². The zero-order valence-electron chi connectivity index (χ0n) is 12.7. The molecule has 0 spiro atoms. The summed E-state index contributed by atoms with van der Waals surface area (Å²) in [6.45, 7) is 1.96. The van der Waals surface area contributed by atoms with Crippen LogP contribution in [-0.4, -0.2) is 16.0 Å². The van der Waals surface area contributed by atoms with Crippen molar-refractivity contribution in [2.75, 3.05) is 0 Å². The number of rotatable bonds is 3. The Labute approximate surface area is 142 Å². The Balaban J connectivity index is 1.89. The van der Waals surface area contributed by atoms with Crippen LogP contribution in [0.3, 0.4) is 0 Å². The zero-order valence-corrected chi connectivity index (χ0v) is 13.5. The number of amides is 1. The average molecular weight is 339 g/mol. The number of nitro benzene ring substituents is 1. The summed E-state index contributed by atoms with van der Waals surface area (Å²) in [4.78, 5) is 27.4. The largest absolute Gasteiger partial charge is 0.300 e. The highest BCUT2D eigenvalue weighted by atomic mass is 32.2. The monoisotopic (exact) mass is 339 g/mol. The maximum Gasteiger partial charge on any atom is 0.276 e. The first-order valence-electron chi connectivity index (χ1n) is 7.12. The topological polar surface area (TPSA) is 84.6 Å². The van der Waals surface area contributed by atoms with Gasteiger partial charge in [0.25, 0.3) is 11.6 Å². The van der Waals surface area contributed by atoms with Gasteiger partial charge in [0.2, 0.25) is 0 Å². The van der Waals surface area contributed by atoms with Crippen molar-refractivity contribution >= 4 is 40.3 Å². The Morgan fingerprint density at radius 1 is 1.21 bits per heavy atom. The molecule has 1 N–H and O–H groups in total. The molecule has 0 unspecified atom stereocenters. The maximum absolute atomic E-state index is 12.1. The first-order valence-corrected chi connectivity index (χ1v) is 7.94. The van der Waals surface area contributed by atoms with E-state index >= 15 is 0 Å². The van der Waals surface area contributed by atoms with Crippen LogP contribution < -0.4 is 5.32 Å². The normalized spacial score (nSPS) is 17.3. The molecule has 1 fully saturated rings. The molecule has 2 aromatic carbocycles. The molecule has 0 aromatic heterocycles. The summed E-state index contributed by atoms with van der Waals surface area (Å²) < 4.78 is 0. The van der Waals surface area contributed by atoms with Crippen LogP contribution in [0.15, 0.2) is 58.4 Å². The number of thioether (sulfide) groups is 1. The van der Waals surface area contributed by atoms with Gasteiger partial charge >= 0.3 is 0 Å². The van der Waals surface area contributed by atoms with E-state index in [0.717, 1.165) is 23.0 Å². The molecule has 120 valence electrons. The van der Waals surface area contributed by atoms with E-state index < -0.39 is 4.92 Å². The summed E-state index contributed by atoms with van der Waals surface area (Å²) in [7, 11) is 0. The van der Waals surface area contributed by atoms with Crippen molar-refractivity contribution in [1.29, 1.82) is 0 Å². The number of aryl methyl sites for hydroxylation is 1. The molecule has 1 aliphatic heterocycles. The molecular formula is C17H13N3O3S. The lowest BCUT2D eigenvalue weighted by molar-refractivity contribution is -0.385. The zero-order chi connectivity index (χ0) is 17.1. The fourth-order valence-electron chi connectivity index (χ4n) is 2.21. The molecule has 3 rings (SSSR count). The highest BCUT2D eigenvalue weighted by molar-refractivity contribution is 8.18. The minimum atomic E-state index is -0.467. The van der Waals surface area contributed by atoms with Crippen molar-refractivity contribution in [2.24, 2.45) is 4.99 Å². The summed E-state index contributed by atoms with van der Waals surface area (Å²) in [6, 6.07) is 13.9. The molecule has 24 heavy (non-hydrogen) atoms. The first-order chi connectivity index (χ1) is 11.5. The number of hydrogen-bond acceptors (Lipinski definition) is 5. The molecule has 7 heteroatoms. The third-order valence-corrected chi connectivity index (χ3v) is 4.21. The quantitative estimate of drug-likeness (QED) is 0.524. The van der Waals surface area contributed by atoms with E-state index in [1.165, 1.54) is 12.1 Å². The molecule has 1 aliphatic rings. The number of aliphatic imine (C=N–C) groups is 1.